The summed E-state index contributed by atoms with van der Waals surface area (Å²) in [4.78, 5) is 14.5. The lowest BCUT2D eigenvalue weighted by molar-refractivity contribution is -0.171. The van der Waals surface area contributed by atoms with Crippen LogP contribution in [-0.4, -0.2) is 35.1 Å². The first-order valence-electron chi connectivity index (χ1n) is 6.95. The highest BCUT2D eigenvalue weighted by Crippen LogP contribution is 2.29. The van der Waals surface area contributed by atoms with Crippen molar-refractivity contribution in [2.75, 3.05) is 18.8 Å². The largest absolute Gasteiger partial charge is 0.398 e. The van der Waals surface area contributed by atoms with Crippen LogP contribution in [0.25, 0.3) is 0 Å². The number of amides is 1. The Morgan fingerprint density at radius 1 is 1.20 bits per heavy atom. The Balaban J connectivity index is 2.26. The first-order valence-corrected chi connectivity index (χ1v) is 6.95. The third-order valence-electron chi connectivity index (χ3n) is 3.51. The second kappa shape index (κ2) is 4.77. The Morgan fingerprint density at radius 3 is 2.25 bits per heavy atom. The minimum Gasteiger partial charge on any atom is -0.398 e. The Hall–Kier alpha value is -1.55. The lowest BCUT2D eigenvalue weighted by Gasteiger charge is -2.47. The predicted molar refractivity (Wildman–Crippen MR) is 80.7 cm³/mol. The molecule has 0 atom stereocenters. The molecule has 0 spiro atoms. The van der Waals surface area contributed by atoms with Gasteiger partial charge in [0.25, 0.3) is 5.91 Å². The maximum absolute atomic E-state index is 12.7. The van der Waals surface area contributed by atoms with Crippen molar-refractivity contribution in [2.45, 2.75) is 45.8 Å². The van der Waals surface area contributed by atoms with Crippen molar-refractivity contribution < 1.29 is 9.53 Å². The van der Waals surface area contributed by atoms with Gasteiger partial charge in [0.1, 0.15) is 0 Å². The molecule has 1 aliphatic heterocycles. The van der Waals surface area contributed by atoms with Gasteiger partial charge in [-0.25, -0.2) is 0 Å². The molecule has 1 amide bonds. The fraction of sp³-hybridized carbons (Fsp3) is 0.562. The smallest absolute Gasteiger partial charge is 0.254 e. The zero-order chi connectivity index (χ0) is 15.1. The van der Waals surface area contributed by atoms with Gasteiger partial charge in [0.05, 0.1) is 11.2 Å². The lowest BCUT2D eigenvalue weighted by Crippen LogP contribution is -2.58. The number of anilines is 1. The van der Waals surface area contributed by atoms with E-state index in [0.29, 0.717) is 24.3 Å². The van der Waals surface area contributed by atoms with E-state index in [-0.39, 0.29) is 17.1 Å². The third kappa shape index (κ3) is 3.12. The summed E-state index contributed by atoms with van der Waals surface area (Å²) in [7, 11) is 0. The number of carbonyl (C=O) groups excluding carboxylic acids is 1. The molecule has 2 rings (SSSR count). The first kappa shape index (κ1) is 14.9. The summed E-state index contributed by atoms with van der Waals surface area (Å²) in [6.45, 7) is 11.2. The second-order valence-electron chi connectivity index (χ2n) is 6.85. The van der Waals surface area contributed by atoms with Gasteiger partial charge in [0.15, 0.2) is 0 Å². The summed E-state index contributed by atoms with van der Waals surface area (Å²) in [6.07, 6.45) is 0. The predicted octanol–water partition coefficient (Wildman–Crippen LogP) is 2.61. The Morgan fingerprint density at radius 2 is 1.75 bits per heavy atom. The maximum atomic E-state index is 12.7. The van der Waals surface area contributed by atoms with Crippen molar-refractivity contribution in [2.24, 2.45) is 0 Å². The van der Waals surface area contributed by atoms with Gasteiger partial charge in [-0.2, -0.15) is 0 Å². The molecule has 1 fully saturated rings. The van der Waals surface area contributed by atoms with E-state index in [4.69, 9.17) is 10.5 Å². The fourth-order valence-electron chi connectivity index (χ4n) is 2.89. The SMILES string of the molecule is Cc1ccc(C(=O)N2CC(C)(C)OC(C)(C)C2)cc1N. The highest BCUT2D eigenvalue weighted by atomic mass is 16.5. The number of hydrogen-bond donors (Lipinski definition) is 1. The summed E-state index contributed by atoms with van der Waals surface area (Å²) in [5, 5.41) is 0. The summed E-state index contributed by atoms with van der Waals surface area (Å²) >= 11 is 0. The van der Waals surface area contributed by atoms with Crippen LogP contribution in [0, 0.1) is 6.92 Å². The Kier molecular flexibility index (Phi) is 3.54. The van der Waals surface area contributed by atoms with Crippen molar-refractivity contribution in [3.8, 4) is 0 Å². The summed E-state index contributed by atoms with van der Waals surface area (Å²) in [5.74, 6) is 0.0150. The zero-order valence-electron chi connectivity index (χ0n) is 13.0. The number of nitrogen functional groups attached to an aromatic ring is 1. The Bertz CT molecular complexity index is 519. The number of ether oxygens (including phenoxy) is 1. The van der Waals surface area contributed by atoms with Crippen LogP contribution >= 0.6 is 0 Å². The average Bonchev–Trinajstić information content (AvgIpc) is 2.27. The molecule has 1 heterocycles. The van der Waals surface area contributed by atoms with Crippen molar-refractivity contribution in [3.63, 3.8) is 0 Å². The van der Waals surface area contributed by atoms with Gasteiger partial charge in [-0.05, 0) is 52.3 Å². The van der Waals surface area contributed by atoms with E-state index < -0.39 is 0 Å². The van der Waals surface area contributed by atoms with E-state index in [1.165, 1.54) is 0 Å². The van der Waals surface area contributed by atoms with E-state index >= 15 is 0 Å². The summed E-state index contributed by atoms with van der Waals surface area (Å²) in [6, 6.07) is 5.48. The number of hydrogen-bond acceptors (Lipinski definition) is 3. The van der Waals surface area contributed by atoms with Crippen LogP contribution in [0.1, 0.15) is 43.6 Å². The van der Waals surface area contributed by atoms with Gasteiger partial charge in [0, 0.05) is 24.3 Å². The van der Waals surface area contributed by atoms with Gasteiger partial charge in [0.2, 0.25) is 0 Å². The van der Waals surface area contributed by atoms with E-state index in [9.17, 15) is 4.79 Å². The van der Waals surface area contributed by atoms with E-state index in [1.807, 2.05) is 51.7 Å². The number of carbonyl (C=O) groups is 1. The van der Waals surface area contributed by atoms with Crippen molar-refractivity contribution in [1.82, 2.24) is 4.90 Å². The van der Waals surface area contributed by atoms with Crippen LogP contribution in [-0.2, 0) is 4.74 Å². The molecule has 1 aliphatic rings. The van der Waals surface area contributed by atoms with Crippen LogP contribution < -0.4 is 5.73 Å². The highest BCUT2D eigenvalue weighted by Gasteiger charge is 2.40. The molecule has 0 aromatic heterocycles. The number of benzene rings is 1. The quantitative estimate of drug-likeness (QED) is 0.802. The Labute approximate surface area is 120 Å². The molecule has 4 heteroatoms. The molecular formula is C16H24N2O2. The monoisotopic (exact) mass is 276 g/mol. The normalized spacial score (nSPS) is 20.8. The standard InChI is InChI=1S/C16H24N2O2/c1-11-6-7-12(8-13(11)17)14(19)18-9-15(2,3)20-16(4,5)10-18/h6-8H,9-10,17H2,1-5H3. The molecular weight excluding hydrogens is 252 g/mol. The van der Waals surface area contributed by atoms with Crippen LogP contribution in [0.2, 0.25) is 0 Å². The first-order chi connectivity index (χ1) is 9.10. The van der Waals surface area contributed by atoms with E-state index in [1.54, 1.807) is 6.07 Å². The molecule has 1 aromatic carbocycles. The van der Waals surface area contributed by atoms with Gasteiger partial charge < -0.3 is 15.4 Å². The second-order valence-corrected chi connectivity index (χ2v) is 6.85. The molecule has 2 N–H and O–H groups in total. The summed E-state index contributed by atoms with van der Waals surface area (Å²) in [5.41, 5.74) is 7.51. The maximum Gasteiger partial charge on any atom is 0.254 e. The highest BCUT2D eigenvalue weighted by molar-refractivity contribution is 5.95. The van der Waals surface area contributed by atoms with Gasteiger partial charge in [-0.1, -0.05) is 6.07 Å². The molecule has 1 aromatic rings. The van der Waals surface area contributed by atoms with Crippen LogP contribution in [0.4, 0.5) is 5.69 Å². The average molecular weight is 276 g/mol. The molecule has 4 nitrogen and oxygen atoms in total. The topological polar surface area (TPSA) is 55.6 Å². The zero-order valence-corrected chi connectivity index (χ0v) is 13.0. The van der Waals surface area contributed by atoms with Gasteiger partial charge >= 0.3 is 0 Å². The van der Waals surface area contributed by atoms with Crippen molar-refractivity contribution >= 4 is 11.6 Å². The van der Waals surface area contributed by atoms with Crippen LogP contribution in [0.3, 0.4) is 0 Å². The minimum atomic E-state index is -0.340. The van der Waals surface area contributed by atoms with Crippen molar-refractivity contribution in [3.05, 3.63) is 29.3 Å². The number of rotatable bonds is 1. The molecule has 0 unspecified atom stereocenters. The van der Waals surface area contributed by atoms with Gasteiger partial charge in [-0.15, -0.1) is 0 Å². The fourth-order valence-corrected chi connectivity index (χ4v) is 2.89. The number of nitrogens with two attached hydrogens (primary N) is 1. The summed E-state index contributed by atoms with van der Waals surface area (Å²) < 4.78 is 6.00. The molecule has 1 saturated heterocycles. The molecule has 110 valence electrons. The van der Waals surface area contributed by atoms with E-state index in [2.05, 4.69) is 0 Å². The number of aryl methyl sites for hydroxylation is 1. The molecule has 0 radical (unpaired) electrons. The number of morpholine rings is 1. The van der Waals surface area contributed by atoms with Gasteiger partial charge in [-0.3, -0.25) is 4.79 Å². The molecule has 0 saturated carbocycles. The molecule has 20 heavy (non-hydrogen) atoms. The lowest BCUT2D eigenvalue weighted by atomic mass is 9.98. The molecule has 0 bridgehead atoms. The van der Waals surface area contributed by atoms with Crippen LogP contribution in [0.5, 0.6) is 0 Å². The van der Waals surface area contributed by atoms with Crippen LogP contribution in [0.15, 0.2) is 18.2 Å². The minimum absolute atomic E-state index is 0.0150. The number of nitrogens with zero attached hydrogens (tertiary/aromatic N) is 1. The third-order valence-corrected chi connectivity index (χ3v) is 3.51. The molecule has 0 aliphatic carbocycles. The van der Waals surface area contributed by atoms with E-state index in [0.717, 1.165) is 5.56 Å². The van der Waals surface area contributed by atoms with Crippen molar-refractivity contribution in [1.29, 1.82) is 0 Å².